The summed E-state index contributed by atoms with van der Waals surface area (Å²) in [5.74, 6) is -0.531. The maximum atomic E-state index is 12.9. The summed E-state index contributed by atoms with van der Waals surface area (Å²) < 4.78 is 12.9. The van der Waals surface area contributed by atoms with Gasteiger partial charge in [-0.1, -0.05) is 60.7 Å². The molecule has 0 spiro atoms. The van der Waals surface area contributed by atoms with E-state index in [-0.39, 0.29) is 11.7 Å². The number of nitrogens with one attached hydrogen (secondary N) is 1. The third-order valence-corrected chi connectivity index (χ3v) is 3.57. The summed E-state index contributed by atoms with van der Waals surface area (Å²) in [6.45, 7) is 0. The standard InChI is InChI=1S/C21H16FNO/c22-18-13-10-16(11-14-18)12-15-21(24)23-20-9-5-4-8-19(20)17-6-2-1-3-7-17/h1-15H,(H,23,24). The van der Waals surface area contributed by atoms with Crippen LogP contribution < -0.4 is 5.32 Å². The summed E-state index contributed by atoms with van der Waals surface area (Å²) in [6.07, 6.45) is 3.09. The second-order valence-corrected chi connectivity index (χ2v) is 5.29. The quantitative estimate of drug-likeness (QED) is 0.663. The molecule has 0 heterocycles. The number of hydrogen-bond acceptors (Lipinski definition) is 1. The molecule has 0 fully saturated rings. The van der Waals surface area contributed by atoms with E-state index in [0.29, 0.717) is 0 Å². The maximum Gasteiger partial charge on any atom is 0.248 e. The zero-order valence-electron chi connectivity index (χ0n) is 12.9. The van der Waals surface area contributed by atoms with Gasteiger partial charge in [0.1, 0.15) is 5.82 Å². The lowest BCUT2D eigenvalue weighted by Gasteiger charge is -2.10. The van der Waals surface area contributed by atoms with E-state index in [1.807, 2.05) is 54.6 Å². The van der Waals surface area contributed by atoms with Crippen molar-refractivity contribution in [2.24, 2.45) is 0 Å². The topological polar surface area (TPSA) is 29.1 Å². The fourth-order valence-corrected chi connectivity index (χ4v) is 2.38. The minimum Gasteiger partial charge on any atom is -0.322 e. The summed E-state index contributed by atoms with van der Waals surface area (Å²) in [4.78, 5) is 12.2. The van der Waals surface area contributed by atoms with Gasteiger partial charge in [-0.15, -0.1) is 0 Å². The molecule has 3 heteroatoms. The Morgan fingerprint density at radius 1 is 0.833 bits per heavy atom. The predicted octanol–water partition coefficient (Wildman–Crippen LogP) is 5.14. The molecule has 24 heavy (non-hydrogen) atoms. The van der Waals surface area contributed by atoms with E-state index in [0.717, 1.165) is 22.4 Å². The molecule has 3 aromatic rings. The van der Waals surface area contributed by atoms with Crippen molar-refractivity contribution in [1.29, 1.82) is 0 Å². The van der Waals surface area contributed by atoms with Gasteiger partial charge in [0.15, 0.2) is 0 Å². The van der Waals surface area contributed by atoms with E-state index < -0.39 is 0 Å². The van der Waals surface area contributed by atoms with Gasteiger partial charge in [-0.2, -0.15) is 0 Å². The van der Waals surface area contributed by atoms with Crippen LogP contribution in [0.4, 0.5) is 10.1 Å². The third-order valence-electron chi connectivity index (χ3n) is 3.57. The lowest BCUT2D eigenvalue weighted by atomic mass is 10.0. The normalized spacial score (nSPS) is 10.7. The second-order valence-electron chi connectivity index (χ2n) is 5.29. The van der Waals surface area contributed by atoms with Crippen LogP contribution in [0.3, 0.4) is 0 Å². The SMILES string of the molecule is O=C(C=Cc1ccc(F)cc1)Nc1ccccc1-c1ccccc1. The van der Waals surface area contributed by atoms with Gasteiger partial charge in [0, 0.05) is 17.3 Å². The number of anilines is 1. The first-order chi connectivity index (χ1) is 11.7. The molecule has 0 aliphatic rings. The zero-order chi connectivity index (χ0) is 16.8. The minimum atomic E-state index is -0.298. The van der Waals surface area contributed by atoms with Gasteiger partial charge in [-0.05, 0) is 35.4 Å². The lowest BCUT2D eigenvalue weighted by Crippen LogP contribution is -2.08. The zero-order valence-corrected chi connectivity index (χ0v) is 12.9. The van der Waals surface area contributed by atoms with Crippen LogP contribution in [0.5, 0.6) is 0 Å². The highest BCUT2D eigenvalue weighted by Gasteiger charge is 2.06. The Bertz CT molecular complexity index is 855. The van der Waals surface area contributed by atoms with Crippen LogP contribution >= 0.6 is 0 Å². The molecule has 0 saturated heterocycles. The van der Waals surface area contributed by atoms with Gasteiger partial charge in [-0.25, -0.2) is 4.39 Å². The summed E-state index contributed by atoms with van der Waals surface area (Å²) in [6, 6.07) is 23.5. The fraction of sp³-hybridized carbons (Fsp3) is 0. The Hall–Kier alpha value is -3.20. The number of para-hydroxylation sites is 1. The molecular formula is C21H16FNO. The van der Waals surface area contributed by atoms with Crippen LogP contribution in [-0.4, -0.2) is 5.91 Å². The highest BCUT2D eigenvalue weighted by molar-refractivity contribution is 6.04. The van der Waals surface area contributed by atoms with Gasteiger partial charge >= 0.3 is 0 Å². The van der Waals surface area contributed by atoms with Crippen molar-refractivity contribution in [2.45, 2.75) is 0 Å². The molecule has 0 aliphatic heterocycles. The second kappa shape index (κ2) is 7.38. The van der Waals surface area contributed by atoms with E-state index in [1.165, 1.54) is 18.2 Å². The largest absolute Gasteiger partial charge is 0.322 e. The molecular weight excluding hydrogens is 301 g/mol. The van der Waals surface area contributed by atoms with Gasteiger partial charge in [0.25, 0.3) is 0 Å². The van der Waals surface area contributed by atoms with E-state index in [2.05, 4.69) is 5.32 Å². The van der Waals surface area contributed by atoms with Crippen LogP contribution in [0.25, 0.3) is 17.2 Å². The molecule has 1 amide bonds. The van der Waals surface area contributed by atoms with Crippen molar-refractivity contribution < 1.29 is 9.18 Å². The average molecular weight is 317 g/mol. The van der Waals surface area contributed by atoms with Crippen molar-refractivity contribution in [2.75, 3.05) is 5.32 Å². The number of rotatable bonds is 4. The van der Waals surface area contributed by atoms with Crippen molar-refractivity contribution >= 4 is 17.7 Å². The summed E-state index contributed by atoms with van der Waals surface area (Å²) in [5, 5.41) is 2.89. The van der Waals surface area contributed by atoms with E-state index in [9.17, 15) is 9.18 Å². The van der Waals surface area contributed by atoms with E-state index in [1.54, 1.807) is 18.2 Å². The highest BCUT2D eigenvalue weighted by Crippen LogP contribution is 2.27. The molecule has 118 valence electrons. The molecule has 1 N–H and O–H groups in total. The van der Waals surface area contributed by atoms with E-state index in [4.69, 9.17) is 0 Å². The Morgan fingerprint density at radius 3 is 2.25 bits per heavy atom. The molecule has 3 rings (SSSR count). The maximum absolute atomic E-state index is 12.9. The van der Waals surface area contributed by atoms with Gasteiger partial charge < -0.3 is 5.32 Å². The predicted molar refractivity (Wildman–Crippen MR) is 95.9 cm³/mol. The molecule has 3 aromatic carbocycles. The first kappa shape index (κ1) is 15.7. The Kier molecular flexibility index (Phi) is 4.82. The molecule has 0 radical (unpaired) electrons. The van der Waals surface area contributed by atoms with Crippen LogP contribution in [0.2, 0.25) is 0 Å². The smallest absolute Gasteiger partial charge is 0.248 e. The first-order valence-electron chi connectivity index (χ1n) is 7.61. The van der Waals surface area contributed by atoms with Gasteiger partial charge in [0.05, 0.1) is 0 Å². The Balaban J connectivity index is 1.76. The monoisotopic (exact) mass is 317 g/mol. The van der Waals surface area contributed by atoms with Crippen LogP contribution in [-0.2, 0) is 4.79 Å². The molecule has 2 nitrogen and oxygen atoms in total. The van der Waals surface area contributed by atoms with Crippen molar-refractivity contribution in [3.05, 3.63) is 96.3 Å². The molecule has 0 atom stereocenters. The van der Waals surface area contributed by atoms with E-state index >= 15 is 0 Å². The number of carbonyl (C=O) groups excluding carboxylic acids is 1. The Morgan fingerprint density at radius 2 is 1.50 bits per heavy atom. The number of carbonyl (C=O) groups is 1. The van der Waals surface area contributed by atoms with Gasteiger partial charge in [0.2, 0.25) is 5.91 Å². The van der Waals surface area contributed by atoms with Crippen LogP contribution in [0, 0.1) is 5.82 Å². The molecule has 0 aliphatic carbocycles. The summed E-state index contributed by atoms with van der Waals surface area (Å²) >= 11 is 0. The summed E-state index contributed by atoms with van der Waals surface area (Å²) in [5.41, 5.74) is 3.51. The molecule has 0 saturated carbocycles. The van der Waals surface area contributed by atoms with Gasteiger partial charge in [-0.3, -0.25) is 4.79 Å². The lowest BCUT2D eigenvalue weighted by molar-refractivity contribution is -0.111. The Labute approximate surface area is 140 Å². The van der Waals surface area contributed by atoms with Crippen LogP contribution in [0.1, 0.15) is 5.56 Å². The average Bonchev–Trinajstić information content (AvgIpc) is 2.62. The third kappa shape index (κ3) is 3.96. The molecule has 0 unspecified atom stereocenters. The number of amides is 1. The summed E-state index contributed by atoms with van der Waals surface area (Å²) in [7, 11) is 0. The number of halogens is 1. The highest BCUT2D eigenvalue weighted by atomic mass is 19.1. The molecule has 0 bridgehead atoms. The van der Waals surface area contributed by atoms with Crippen molar-refractivity contribution in [3.63, 3.8) is 0 Å². The minimum absolute atomic E-state index is 0.234. The fourth-order valence-electron chi connectivity index (χ4n) is 2.38. The number of benzene rings is 3. The van der Waals surface area contributed by atoms with Crippen molar-refractivity contribution in [1.82, 2.24) is 0 Å². The number of hydrogen-bond donors (Lipinski definition) is 1. The van der Waals surface area contributed by atoms with Crippen LogP contribution in [0.15, 0.2) is 84.9 Å². The van der Waals surface area contributed by atoms with Crippen molar-refractivity contribution in [3.8, 4) is 11.1 Å². The molecule has 0 aromatic heterocycles. The first-order valence-corrected chi connectivity index (χ1v) is 7.61.